The number of thiazole rings is 1. The number of anilines is 1. The number of nitrogens with zero attached hydrogens (tertiary/aromatic N) is 5. The zero-order valence-electron chi connectivity index (χ0n) is 15.3. The lowest BCUT2D eigenvalue weighted by Crippen LogP contribution is -2.20. The highest BCUT2D eigenvalue weighted by atomic mass is 32.1. The number of carbonyl (C=O) groups excluding carboxylic acids is 1. The first kappa shape index (κ1) is 16.6. The molecule has 0 saturated heterocycles. The number of rotatable bonds is 3. The molecule has 0 atom stereocenters. The van der Waals surface area contributed by atoms with Crippen molar-refractivity contribution >= 4 is 22.9 Å². The van der Waals surface area contributed by atoms with Crippen molar-refractivity contribution in [3.63, 3.8) is 0 Å². The van der Waals surface area contributed by atoms with Crippen molar-refractivity contribution in [2.75, 3.05) is 11.9 Å². The van der Waals surface area contributed by atoms with Crippen LogP contribution in [0, 0.1) is 0 Å². The second-order valence-corrected chi connectivity index (χ2v) is 8.21. The summed E-state index contributed by atoms with van der Waals surface area (Å²) in [6.07, 6.45) is 5.89. The number of carbonyl (C=O) groups is 1. The van der Waals surface area contributed by atoms with Gasteiger partial charge in [-0.2, -0.15) is 0 Å². The summed E-state index contributed by atoms with van der Waals surface area (Å²) in [7, 11) is 1.83. The average molecular weight is 379 g/mol. The van der Waals surface area contributed by atoms with Crippen molar-refractivity contribution in [2.24, 2.45) is 0 Å². The van der Waals surface area contributed by atoms with E-state index in [1.807, 2.05) is 13.1 Å². The van der Waals surface area contributed by atoms with Crippen LogP contribution < -0.4 is 4.90 Å². The Kier molecular flexibility index (Phi) is 4.04. The maximum Gasteiger partial charge on any atom is 0.231 e. The summed E-state index contributed by atoms with van der Waals surface area (Å²) in [5.41, 5.74) is 4.12. The van der Waals surface area contributed by atoms with Crippen LogP contribution in [-0.2, 0) is 30.6 Å². The molecule has 0 unspecified atom stereocenters. The third-order valence-electron chi connectivity index (χ3n) is 5.50. The number of hydrogen-bond donors (Lipinski definition) is 0. The van der Waals surface area contributed by atoms with Gasteiger partial charge in [0, 0.05) is 36.6 Å². The minimum absolute atomic E-state index is 0.147. The highest BCUT2D eigenvalue weighted by Crippen LogP contribution is 2.32. The van der Waals surface area contributed by atoms with Crippen LogP contribution in [0.4, 0.5) is 5.69 Å². The lowest BCUT2D eigenvalue weighted by molar-refractivity contribution is -0.117. The largest absolute Gasteiger partial charge is 0.315 e. The van der Waals surface area contributed by atoms with Gasteiger partial charge in [0.2, 0.25) is 5.91 Å². The highest BCUT2D eigenvalue weighted by Gasteiger charge is 2.24. The predicted molar refractivity (Wildman–Crippen MR) is 105 cm³/mol. The van der Waals surface area contributed by atoms with Crippen molar-refractivity contribution in [1.82, 2.24) is 19.7 Å². The fourth-order valence-electron chi connectivity index (χ4n) is 3.97. The predicted octanol–water partition coefficient (Wildman–Crippen LogP) is 3.24. The summed E-state index contributed by atoms with van der Waals surface area (Å²) in [4.78, 5) is 18.5. The third kappa shape index (κ3) is 2.96. The molecule has 1 amide bonds. The normalized spacial score (nSPS) is 16.3. The molecule has 0 saturated carbocycles. The van der Waals surface area contributed by atoms with E-state index in [4.69, 9.17) is 4.98 Å². The molecule has 7 heteroatoms. The molecule has 2 aromatic heterocycles. The van der Waals surface area contributed by atoms with Crippen LogP contribution in [0.1, 0.15) is 41.5 Å². The summed E-state index contributed by atoms with van der Waals surface area (Å²) in [6.45, 7) is 1.02. The summed E-state index contributed by atoms with van der Waals surface area (Å²) in [5, 5.41) is 12.0. The molecule has 0 N–H and O–H groups in total. The zero-order valence-corrected chi connectivity index (χ0v) is 16.1. The molecule has 5 rings (SSSR count). The first-order valence-corrected chi connectivity index (χ1v) is 10.3. The van der Waals surface area contributed by atoms with Gasteiger partial charge in [-0.25, -0.2) is 4.98 Å². The van der Waals surface area contributed by atoms with Crippen LogP contribution in [0.3, 0.4) is 0 Å². The minimum atomic E-state index is 0.147. The van der Waals surface area contributed by atoms with Gasteiger partial charge in [-0.1, -0.05) is 12.5 Å². The van der Waals surface area contributed by atoms with Gasteiger partial charge in [0.1, 0.15) is 16.7 Å². The van der Waals surface area contributed by atoms with E-state index in [2.05, 4.69) is 32.3 Å². The Hall–Kier alpha value is -2.54. The molecule has 4 heterocycles. The SMILES string of the molecule is CN1C(=O)Cc2cc(-c3csc(Cc4nnc5n4CCCCC5)n3)ccc21. The zero-order chi connectivity index (χ0) is 18.4. The Morgan fingerprint density at radius 2 is 2.11 bits per heavy atom. The molecule has 0 radical (unpaired) electrons. The molecule has 138 valence electrons. The van der Waals surface area contributed by atoms with E-state index in [0.717, 1.165) is 58.6 Å². The Morgan fingerprint density at radius 3 is 3.04 bits per heavy atom. The highest BCUT2D eigenvalue weighted by molar-refractivity contribution is 7.10. The van der Waals surface area contributed by atoms with Gasteiger partial charge in [-0.15, -0.1) is 21.5 Å². The van der Waals surface area contributed by atoms with E-state index in [9.17, 15) is 4.79 Å². The minimum Gasteiger partial charge on any atom is -0.315 e. The van der Waals surface area contributed by atoms with Crippen molar-refractivity contribution in [3.8, 4) is 11.3 Å². The fraction of sp³-hybridized carbons (Fsp3) is 0.400. The molecule has 0 bridgehead atoms. The van der Waals surface area contributed by atoms with Crippen molar-refractivity contribution < 1.29 is 4.79 Å². The van der Waals surface area contributed by atoms with Gasteiger partial charge in [0.25, 0.3) is 0 Å². The molecular formula is C20H21N5OS. The van der Waals surface area contributed by atoms with Crippen molar-refractivity contribution in [2.45, 2.75) is 45.1 Å². The Morgan fingerprint density at radius 1 is 1.19 bits per heavy atom. The molecular weight excluding hydrogens is 358 g/mol. The Bertz CT molecular complexity index is 1020. The van der Waals surface area contributed by atoms with E-state index in [1.165, 1.54) is 19.3 Å². The van der Waals surface area contributed by atoms with E-state index in [0.29, 0.717) is 6.42 Å². The number of amides is 1. The molecule has 0 spiro atoms. The molecule has 2 aliphatic rings. The summed E-state index contributed by atoms with van der Waals surface area (Å²) >= 11 is 1.66. The summed E-state index contributed by atoms with van der Waals surface area (Å²) in [6, 6.07) is 6.17. The molecule has 6 nitrogen and oxygen atoms in total. The van der Waals surface area contributed by atoms with Crippen molar-refractivity contribution in [1.29, 1.82) is 0 Å². The van der Waals surface area contributed by atoms with Gasteiger partial charge in [-0.3, -0.25) is 4.79 Å². The monoisotopic (exact) mass is 379 g/mol. The smallest absolute Gasteiger partial charge is 0.231 e. The molecule has 0 aliphatic carbocycles. The van der Waals surface area contributed by atoms with Gasteiger partial charge in [-0.05, 0) is 30.5 Å². The van der Waals surface area contributed by atoms with Crippen LogP contribution in [0.25, 0.3) is 11.3 Å². The van der Waals surface area contributed by atoms with Gasteiger partial charge < -0.3 is 9.47 Å². The van der Waals surface area contributed by atoms with Gasteiger partial charge in [0.05, 0.1) is 18.5 Å². The summed E-state index contributed by atoms with van der Waals surface area (Å²) < 4.78 is 2.28. The second-order valence-electron chi connectivity index (χ2n) is 7.27. The first-order valence-electron chi connectivity index (χ1n) is 9.44. The topological polar surface area (TPSA) is 63.9 Å². The maximum absolute atomic E-state index is 11.9. The van der Waals surface area contributed by atoms with E-state index >= 15 is 0 Å². The number of hydrogen-bond acceptors (Lipinski definition) is 5. The van der Waals surface area contributed by atoms with Crippen LogP contribution in [-0.4, -0.2) is 32.7 Å². The molecule has 1 aromatic carbocycles. The maximum atomic E-state index is 11.9. The fourth-order valence-corrected chi connectivity index (χ4v) is 4.77. The standard InChI is InChI=1S/C20H21N5OS/c1-24-16-7-6-13(9-14(16)10-20(24)26)15-12-27-19(21-15)11-18-23-22-17-5-3-2-4-8-25(17)18/h6-7,9,12H,2-5,8,10-11H2,1H3. The number of fused-ring (bicyclic) bond motifs is 2. The molecule has 2 aliphatic heterocycles. The first-order chi connectivity index (χ1) is 13.2. The van der Waals surface area contributed by atoms with Crippen molar-refractivity contribution in [3.05, 3.63) is 45.8 Å². The molecule has 0 fully saturated rings. The molecule has 3 aromatic rings. The number of likely N-dealkylation sites (N-methyl/N-ethyl adjacent to an activating group) is 1. The summed E-state index contributed by atoms with van der Waals surface area (Å²) in [5.74, 6) is 2.29. The second kappa shape index (κ2) is 6.56. The van der Waals surface area contributed by atoms with Crippen LogP contribution in [0.2, 0.25) is 0 Å². The van der Waals surface area contributed by atoms with Gasteiger partial charge >= 0.3 is 0 Å². The van der Waals surface area contributed by atoms with Crippen LogP contribution in [0.15, 0.2) is 23.6 Å². The molecule has 27 heavy (non-hydrogen) atoms. The Labute approximate surface area is 161 Å². The van der Waals surface area contributed by atoms with Gasteiger partial charge in [0.15, 0.2) is 0 Å². The average Bonchev–Trinajstić information content (AvgIpc) is 3.30. The van der Waals surface area contributed by atoms with Crippen LogP contribution >= 0.6 is 11.3 Å². The Balaban J connectivity index is 1.39. The quantitative estimate of drug-likeness (QED) is 0.701. The lowest BCUT2D eigenvalue weighted by atomic mass is 10.1. The van der Waals surface area contributed by atoms with Crippen LogP contribution in [0.5, 0.6) is 0 Å². The number of aromatic nitrogens is 4. The van der Waals surface area contributed by atoms with E-state index in [1.54, 1.807) is 16.2 Å². The number of aryl methyl sites for hydroxylation is 1. The van der Waals surface area contributed by atoms with E-state index < -0.39 is 0 Å². The number of benzene rings is 1. The lowest BCUT2D eigenvalue weighted by Gasteiger charge is -2.09. The third-order valence-corrected chi connectivity index (χ3v) is 6.35. The van der Waals surface area contributed by atoms with E-state index in [-0.39, 0.29) is 5.91 Å².